The number of hydrogen-bond donors (Lipinski definition) is 1. The number of amides is 1. The van der Waals surface area contributed by atoms with Gasteiger partial charge >= 0.3 is 0 Å². The van der Waals surface area contributed by atoms with Crippen molar-refractivity contribution in [2.24, 2.45) is 0 Å². The molecule has 1 heterocycles. The highest BCUT2D eigenvalue weighted by Gasteiger charge is 2.38. The van der Waals surface area contributed by atoms with Crippen LogP contribution in [-0.2, 0) is 14.6 Å². The average Bonchev–Trinajstić information content (AvgIpc) is 2.95. The standard InChI is InChI=1S/C18H24BrClN2O3S/c19-13-6-7-17(16(20)10-13)21-11-18(23)22(14-4-2-1-3-5-14)15-8-9-26(24,25)12-15/h6-7,10,14-15,21H,1-5,8-9,11-12H2. The number of benzene rings is 1. The van der Waals surface area contributed by atoms with E-state index in [4.69, 9.17) is 11.6 Å². The third-order valence-electron chi connectivity index (χ3n) is 5.22. The van der Waals surface area contributed by atoms with Crippen LogP contribution < -0.4 is 5.32 Å². The van der Waals surface area contributed by atoms with Gasteiger partial charge in [-0.05, 0) is 37.5 Å². The van der Waals surface area contributed by atoms with Gasteiger partial charge in [-0.25, -0.2) is 8.42 Å². The van der Waals surface area contributed by atoms with Gasteiger partial charge in [0.05, 0.1) is 28.8 Å². The Morgan fingerprint density at radius 3 is 2.54 bits per heavy atom. The minimum absolute atomic E-state index is 0.0435. The van der Waals surface area contributed by atoms with Crippen molar-refractivity contribution in [1.29, 1.82) is 0 Å². The first-order chi connectivity index (χ1) is 12.4. The van der Waals surface area contributed by atoms with Crippen LogP contribution in [0.3, 0.4) is 0 Å². The third kappa shape index (κ3) is 4.93. The minimum Gasteiger partial charge on any atom is -0.375 e. The summed E-state index contributed by atoms with van der Waals surface area (Å²) >= 11 is 9.57. The van der Waals surface area contributed by atoms with Gasteiger partial charge in [0.15, 0.2) is 9.84 Å². The summed E-state index contributed by atoms with van der Waals surface area (Å²) in [6.45, 7) is 0.119. The molecule has 144 valence electrons. The Balaban J connectivity index is 1.71. The fraction of sp³-hybridized carbons (Fsp3) is 0.611. The predicted molar refractivity (Wildman–Crippen MR) is 108 cm³/mol. The molecule has 1 saturated heterocycles. The zero-order valence-corrected chi connectivity index (χ0v) is 17.7. The number of sulfone groups is 1. The van der Waals surface area contributed by atoms with Crippen molar-refractivity contribution in [2.45, 2.75) is 50.6 Å². The van der Waals surface area contributed by atoms with Gasteiger partial charge in [0.2, 0.25) is 5.91 Å². The Labute approximate surface area is 168 Å². The number of carbonyl (C=O) groups excluding carboxylic acids is 1. The summed E-state index contributed by atoms with van der Waals surface area (Å²) in [5.41, 5.74) is 0.700. The predicted octanol–water partition coefficient (Wildman–Crippen LogP) is 3.86. The van der Waals surface area contributed by atoms with Crippen LogP contribution in [0, 0.1) is 0 Å². The van der Waals surface area contributed by atoms with Crippen LogP contribution in [0.15, 0.2) is 22.7 Å². The molecule has 26 heavy (non-hydrogen) atoms. The normalized spacial score (nSPS) is 22.9. The van der Waals surface area contributed by atoms with E-state index in [1.807, 2.05) is 17.0 Å². The number of nitrogens with one attached hydrogen (secondary N) is 1. The number of anilines is 1. The van der Waals surface area contributed by atoms with Crippen LogP contribution in [0.1, 0.15) is 38.5 Å². The van der Waals surface area contributed by atoms with Crippen molar-refractivity contribution in [2.75, 3.05) is 23.4 Å². The van der Waals surface area contributed by atoms with Gasteiger partial charge in [-0.1, -0.05) is 46.8 Å². The molecule has 0 spiro atoms. The summed E-state index contributed by atoms with van der Waals surface area (Å²) in [6.07, 6.45) is 5.85. The summed E-state index contributed by atoms with van der Waals surface area (Å²) in [5, 5.41) is 3.65. The monoisotopic (exact) mass is 462 g/mol. The maximum absolute atomic E-state index is 13.0. The zero-order valence-electron chi connectivity index (χ0n) is 14.6. The van der Waals surface area contributed by atoms with E-state index < -0.39 is 9.84 Å². The molecule has 2 fully saturated rings. The minimum atomic E-state index is -3.03. The van der Waals surface area contributed by atoms with Crippen LogP contribution in [0.2, 0.25) is 5.02 Å². The van der Waals surface area contributed by atoms with Gasteiger partial charge in [-0.15, -0.1) is 0 Å². The molecule has 5 nitrogen and oxygen atoms in total. The lowest BCUT2D eigenvalue weighted by molar-refractivity contribution is -0.134. The molecule has 0 radical (unpaired) electrons. The lowest BCUT2D eigenvalue weighted by Gasteiger charge is -2.38. The summed E-state index contributed by atoms with van der Waals surface area (Å²) in [7, 11) is -3.03. The molecule has 1 amide bonds. The lowest BCUT2D eigenvalue weighted by Crippen LogP contribution is -2.50. The van der Waals surface area contributed by atoms with Crippen LogP contribution in [-0.4, -0.2) is 49.4 Å². The molecule has 1 aromatic rings. The smallest absolute Gasteiger partial charge is 0.242 e. The fourth-order valence-electron chi connectivity index (χ4n) is 3.95. The van der Waals surface area contributed by atoms with Gasteiger partial charge in [-0.2, -0.15) is 0 Å². The Morgan fingerprint density at radius 2 is 1.92 bits per heavy atom. The molecule has 0 aromatic heterocycles. The van der Waals surface area contributed by atoms with Crippen LogP contribution >= 0.6 is 27.5 Å². The van der Waals surface area contributed by atoms with Crippen LogP contribution in [0.4, 0.5) is 5.69 Å². The highest BCUT2D eigenvalue weighted by Crippen LogP contribution is 2.29. The number of carbonyl (C=O) groups is 1. The van der Waals surface area contributed by atoms with Gasteiger partial charge in [0, 0.05) is 16.6 Å². The van der Waals surface area contributed by atoms with Gasteiger partial charge in [0.25, 0.3) is 0 Å². The van der Waals surface area contributed by atoms with Crippen molar-refractivity contribution in [3.8, 4) is 0 Å². The molecule has 1 aromatic carbocycles. The van der Waals surface area contributed by atoms with Gasteiger partial charge in [-0.3, -0.25) is 4.79 Å². The van der Waals surface area contributed by atoms with Crippen molar-refractivity contribution in [3.05, 3.63) is 27.7 Å². The number of nitrogens with zero attached hydrogens (tertiary/aromatic N) is 1. The van der Waals surface area contributed by atoms with E-state index in [2.05, 4.69) is 21.2 Å². The Morgan fingerprint density at radius 1 is 1.19 bits per heavy atom. The van der Waals surface area contributed by atoms with Gasteiger partial charge in [0.1, 0.15) is 0 Å². The molecule has 0 bridgehead atoms. The van der Waals surface area contributed by atoms with E-state index in [1.165, 1.54) is 6.42 Å². The second-order valence-corrected chi connectivity index (χ2v) is 10.7. The fourth-order valence-corrected chi connectivity index (χ4v) is 6.41. The molecule has 2 aliphatic rings. The maximum atomic E-state index is 13.0. The number of rotatable bonds is 5. The topological polar surface area (TPSA) is 66.5 Å². The van der Waals surface area contributed by atoms with Crippen molar-refractivity contribution >= 4 is 49.0 Å². The molecule has 1 saturated carbocycles. The van der Waals surface area contributed by atoms with Crippen molar-refractivity contribution < 1.29 is 13.2 Å². The summed E-state index contributed by atoms with van der Waals surface area (Å²) in [6, 6.07) is 5.41. The third-order valence-corrected chi connectivity index (χ3v) is 7.78. The summed E-state index contributed by atoms with van der Waals surface area (Å²) in [5.74, 6) is 0.229. The SMILES string of the molecule is O=C(CNc1ccc(Br)cc1Cl)N(C1CCCCC1)C1CCS(=O)(=O)C1. The first-order valence-corrected chi connectivity index (χ1v) is 12.1. The first-order valence-electron chi connectivity index (χ1n) is 9.06. The lowest BCUT2D eigenvalue weighted by atomic mass is 9.93. The Kier molecular flexibility index (Phi) is 6.51. The van der Waals surface area contributed by atoms with E-state index in [9.17, 15) is 13.2 Å². The van der Waals surface area contributed by atoms with Crippen molar-refractivity contribution in [1.82, 2.24) is 4.90 Å². The molecule has 1 unspecified atom stereocenters. The first kappa shape index (κ1) is 20.0. The molecule has 1 atom stereocenters. The van der Waals surface area contributed by atoms with Crippen LogP contribution in [0.5, 0.6) is 0 Å². The molecular formula is C18H24BrClN2O3S. The molecule has 1 aliphatic carbocycles. The molecular weight excluding hydrogens is 440 g/mol. The van der Waals surface area contributed by atoms with E-state index in [1.54, 1.807) is 6.07 Å². The molecule has 8 heteroatoms. The quantitative estimate of drug-likeness (QED) is 0.720. The summed E-state index contributed by atoms with van der Waals surface area (Å²) in [4.78, 5) is 14.9. The van der Waals surface area contributed by atoms with Gasteiger partial charge < -0.3 is 10.2 Å². The average molecular weight is 464 g/mol. The highest BCUT2D eigenvalue weighted by molar-refractivity contribution is 9.10. The van der Waals surface area contributed by atoms with Crippen molar-refractivity contribution in [3.63, 3.8) is 0 Å². The Bertz CT molecular complexity index is 766. The van der Waals surface area contributed by atoms with E-state index in [0.29, 0.717) is 17.1 Å². The second kappa shape index (κ2) is 8.48. The van der Waals surface area contributed by atoms with E-state index in [-0.39, 0.29) is 36.0 Å². The highest BCUT2D eigenvalue weighted by atomic mass is 79.9. The van der Waals surface area contributed by atoms with E-state index >= 15 is 0 Å². The Hall–Kier alpha value is -0.790. The molecule has 1 aliphatic heterocycles. The van der Waals surface area contributed by atoms with Crippen LogP contribution in [0.25, 0.3) is 0 Å². The number of hydrogen-bond acceptors (Lipinski definition) is 4. The maximum Gasteiger partial charge on any atom is 0.242 e. The molecule has 1 N–H and O–H groups in total. The largest absolute Gasteiger partial charge is 0.375 e. The zero-order chi connectivity index (χ0) is 18.7. The molecule has 3 rings (SSSR count). The van der Waals surface area contributed by atoms with E-state index in [0.717, 1.165) is 30.2 Å². The summed E-state index contributed by atoms with van der Waals surface area (Å²) < 4.78 is 24.7. The number of halogens is 2. The second-order valence-electron chi connectivity index (χ2n) is 7.13.